The van der Waals surface area contributed by atoms with Crippen molar-refractivity contribution in [2.45, 2.75) is 102 Å². The highest BCUT2D eigenvalue weighted by Crippen LogP contribution is 2.06. The highest BCUT2D eigenvalue weighted by Gasteiger charge is 2.26. The van der Waals surface area contributed by atoms with Gasteiger partial charge in [0.15, 0.2) is 5.96 Å². The molecule has 0 aliphatic carbocycles. The first kappa shape index (κ1) is 57.8. The number of nitrogens with one attached hydrogen (secondary N) is 9. The molecule has 0 fully saturated rings. The number of carboxylic acids is 1. The Morgan fingerprint density at radius 3 is 1.23 bits per heavy atom. The maximum absolute atomic E-state index is 13.1. The van der Waals surface area contributed by atoms with Crippen LogP contribution in [0.3, 0.4) is 0 Å². The average Bonchev–Trinajstić information content (AvgIpc) is 3.24. The molecule has 0 rings (SSSR count). The number of nitrogens with zero attached hydrogens (tertiary/aromatic N) is 1. The molecule has 0 aromatic carbocycles. The van der Waals surface area contributed by atoms with Crippen LogP contribution in [0.15, 0.2) is 4.99 Å². The van der Waals surface area contributed by atoms with Crippen molar-refractivity contribution in [3.8, 4) is 0 Å². The van der Waals surface area contributed by atoms with Gasteiger partial charge >= 0.3 is 5.97 Å². The minimum absolute atomic E-state index is 0.00931. The summed E-state index contributed by atoms with van der Waals surface area (Å²) in [6.07, 6.45) is 2.45. The zero-order valence-corrected chi connectivity index (χ0v) is 36.5. The third kappa shape index (κ3) is 27.7. The van der Waals surface area contributed by atoms with E-state index in [0.717, 1.165) is 0 Å². The van der Waals surface area contributed by atoms with E-state index >= 15 is 0 Å². The van der Waals surface area contributed by atoms with Crippen LogP contribution in [-0.4, -0.2) is 164 Å². The molecule has 0 radical (unpaired) electrons. The summed E-state index contributed by atoms with van der Waals surface area (Å²) < 4.78 is 0. The van der Waals surface area contributed by atoms with Crippen molar-refractivity contribution in [3.05, 3.63) is 0 Å². The maximum Gasteiger partial charge on any atom is 0.326 e. The van der Waals surface area contributed by atoms with Crippen molar-refractivity contribution < 1.29 is 58.2 Å². The normalized spacial score (nSPS) is 13.0. The predicted molar refractivity (Wildman–Crippen MR) is 231 cm³/mol. The number of hydrogen-bond acceptors (Lipinski definition) is 15. The Labute approximate surface area is 371 Å². The second-order valence-electron chi connectivity index (χ2n) is 14.9. The smallest absolute Gasteiger partial charge is 0.326 e. The molecule has 0 aliphatic rings. The van der Waals surface area contributed by atoms with E-state index in [1.807, 2.05) is 0 Å². The lowest BCUT2D eigenvalue weighted by atomic mass is 10.0. The van der Waals surface area contributed by atoms with Gasteiger partial charge in [0, 0.05) is 6.54 Å². The number of aliphatic hydroxyl groups is 1. The molecular formula is C37H69N15O12. The lowest BCUT2D eigenvalue weighted by Crippen LogP contribution is -2.54. The first-order valence-corrected chi connectivity index (χ1v) is 20.8. The molecule has 0 saturated heterocycles. The van der Waals surface area contributed by atoms with E-state index in [1.54, 1.807) is 13.8 Å². The molecule has 5 atom stereocenters. The summed E-state index contributed by atoms with van der Waals surface area (Å²) in [4.78, 5) is 129. The number of nitrogens with two attached hydrogens (primary N) is 5. The largest absolute Gasteiger partial charge is 0.480 e. The van der Waals surface area contributed by atoms with Crippen LogP contribution in [-0.2, 0) is 47.9 Å². The van der Waals surface area contributed by atoms with Crippen LogP contribution in [0.2, 0.25) is 0 Å². The van der Waals surface area contributed by atoms with Crippen LogP contribution in [0, 0.1) is 5.92 Å². The number of guanidine groups is 1. The number of unbranched alkanes of at least 4 members (excludes halogenated alkanes) is 2. The number of carbonyl (C=O) groups is 10. The van der Waals surface area contributed by atoms with Crippen LogP contribution in [0.5, 0.6) is 0 Å². The van der Waals surface area contributed by atoms with Crippen LogP contribution in [0.1, 0.15) is 71.6 Å². The van der Waals surface area contributed by atoms with E-state index in [4.69, 9.17) is 33.8 Å². The van der Waals surface area contributed by atoms with E-state index in [9.17, 15) is 53.1 Å². The molecule has 0 aromatic heterocycles. The molecular weight excluding hydrogens is 846 g/mol. The molecule has 0 unspecified atom stereocenters. The van der Waals surface area contributed by atoms with E-state index in [2.05, 4.69) is 52.8 Å². The fraction of sp³-hybridized carbons (Fsp3) is 0.703. The quantitative estimate of drug-likeness (QED) is 0.0162. The second-order valence-corrected chi connectivity index (χ2v) is 14.9. The fourth-order valence-electron chi connectivity index (χ4n) is 5.46. The molecule has 0 aliphatic heterocycles. The second kappa shape index (κ2) is 33.4. The number of aliphatic carboxylic acids is 1. The number of amides is 9. The van der Waals surface area contributed by atoms with Crippen molar-refractivity contribution >= 4 is 65.1 Å². The van der Waals surface area contributed by atoms with E-state index in [0.29, 0.717) is 32.2 Å². The third-order valence-electron chi connectivity index (χ3n) is 8.81. The lowest BCUT2D eigenvalue weighted by Gasteiger charge is -2.21. The minimum Gasteiger partial charge on any atom is -0.480 e. The van der Waals surface area contributed by atoms with E-state index < -0.39 is 129 Å². The van der Waals surface area contributed by atoms with Crippen LogP contribution in [0.4, 0.5) is 0 Å². The van der Waals surface area contributed by atoms with Gasteiger partial charge in [-0.15, -0.1) is 0 Å². The first-order chi connectivity index (χ1) is 30.2. The Hall–Kier alpha value is -6.19. The van der Waals surface area contributed by atoms with Crippen LogP contribution in [0.25, 0.3) is 0 Å². The summed E-state index contributed by atoms with van der Waals surface area (Å²) in [5.41, 5.74) is 27.2. The molecule has 0 spiro atoms. The van der Waals surface area contributed by atoms with Crippen molar-refractivity contribution in [3.63, 3.8) is 0 Å². The number of rotatable bonds is 34. The Bertz CT molecular complexity index is 1580. The minimum atomic E-state index is -1.27. The lowest BCUT2D eigenvalue weighted by molar-refractivity contribution is -0.142. The topological polar surface area (TPSA) is 462 Å². The summed E-state index contributed by atoms with van der Waals surface area (Å²) in [5.74, 6) is -8.48. The van der Waals surface area contributed by atoms with Crippen molar-refractivity contribution in [2.24, 2.45) is 39.6 Å². The summed E-state index contributed by atoms with van der Waals surface area (Å²) >= 11 is 0. The molecule has 21 N–H and O–H groups in total. The number of carbonyl (C=O) groups excluding carboxylic acids is 9. The fourth-order valence-corrected chi connectivity index (χ4v) is 5.46. The Balaban J connectivity index is 5.35. The SMILES string of the molecule is CC(C)C[C@H](NC(=O)CNC(=O)[C@H](CCCCN)NC(=O)CNC(=O)CNC(=O)[C@H](CCCCN)NC(=O)CNC(=O)[C@H](CCCN=C(N)N)NC(=O)CNC(=O)[C@@H](N)CO)C(=O)O. The number of carboxylic acid groups (broad SMARTS) is 1. The van der Waals surface area contributed by atoms with Gasteiger partial charge in [-0.1, -0.05) is 13.8 Å². The van der Waals surface area contributed by atoms with Gasteiger partial charge in [-0.05, 0) is 76.8 Å². The van der Waals surface area contributed by atoms with Gasteiger partial charge in [-0.25, -0.2) is 4.79 Å². The number of aliphatic hydroxyl groups excluding tert-OH is 1. The molecule has 27 nitrogen and oxygen atoms in total. The zero-order chi connectivity index (χ0) is 48.6. The molecule has 0 aromatic rings. The monoisotopic (exact) mass is 916 g/mol. The van der Waals surface area contributed by atoms with Gasteiger partial charge < -0.3 is 86.7 Å². The Morgan fingerprint density at radius 2 is 0.875 bits per heavy atom. The molecule has 9 amide bonds. The third-order valence-corrected chi connectivity index (χ3v) is 8.81. The first-order valence-electron chi connectivity index (χ1n) is 20.8. The Kier molecular flexibility index (Phi) is 30.2. The standard InChI is InChI=1S/C37H69N15O12/c1-21(2)14-26(36(63)64)52-31(58)19-48-34(61)24(9-4-6-12-39)49-28(55)16-44-27(54)15-46-33(60)23(8-3-5-11-38)50-30(57)18-47-35(62)25(10-7-13-43-37(41)42)51-29(56)17-45-32(59)22(40)20-53/h21-26,53H,3-20,38-40H2,1-2H3,(H,44,54)(H,45,59)(H,46,60)(H,47,62)(H,48,61)(H,49,55)(H,50,57)(H,51,56)(H,52,58)(H,63,64)(H4,41,42,43)/t22-,23-,24-,25-,26-/m0/s1. The van der Waals surface area contributed by atoms with Gasteiger partial charge in [0.05, 0.1) is 39.3 Å². The maximum atomic E-state index is 13.1. The van der Waals surface area contributed by atoms with Gasteiger partial charge in [0.1, 0.15) is 30.2 Å². The van der Waals surface area contributed by atoms with Crippen molar-refractivity contribution in [2.75, 3.05) is 59.0 Å². The molecule has 27 heteroatoms. The van der Waals surface area contributed by atoms with Crippen LogP contribution >= 0.6 is 0 Å². The van der Waals surface area contributed by atoms with E-state index in [1.165, 1.54) is 0 Å². The Morgan fingerprint density at radius 1 is 0.516 bits per heavy atom. The molecule has 64 heavy (non-hydrogen) atoms. The van der Waals surface area contributed by atoms with E-state index in [-0.39, 0.29) is 57.1 Å². The van der Waals surface area contributed by atoms with Crippen molar-refractivity contribution in [1.82, 2.24) is 47.9 Å². The number of aliphatic imine (C=N–C) groups is 1. The number of hydrogen-bond donors (Lipinski definition) is 16. The summed E-state index contributed by atoms with van der Waals surface area (Å²) in [6, 6.07) is -5.95. The highest BCUT2D eigenvalue weighted by molar-refractivity contribution is 5.95. The van der Waals surface area contributed by atoms with Gasteiger partial charge in [0.25, 0.3) is 0 Å². The van der Waals surface area contributed by atoms with Crippen molar-refractivity contribution in [1.29, 1.82) is 0 Å². The van der Waals surface area contributed by atoms with Crippen LogP contribution < -0.4 is 76.5 Å². The summed E-state index contributed by atoms with van der Waals surface area (Å²) in [7, 11) is 0. The summed E-state index contributed by atoms with van der Waals surface area (Å²) in [6.45, 7) is 0.610. The predicted octanol–water partition coefficient (Wildman–Crippen LogP) is -7.73. The zero-order valence-electron chi connectivity index (χ0n) is 36.5. The molecule has 364 valence electrons. The molecule has 0 heterocycles. The summed E-state index contributed by atoms with van der Waals surface area (Å²) in [5, 5.41) is 39.7. The van der Waals surface area contributed by atoms with Gasteiger partial charge in [0.2, 0.25) is 53.2 Å². The molecule has 0 bridgehead atoms. The molecule has 0 saturated carbocycles. The van der Waals surface area contributed by atoms with Gasteiger partial charge in [-0.3, -0.25) is 48.1 Å². The van der Waals surface area contributed by atoms with Gasteiger partial charge in [-0.2, -0.15) is 0 Å². The average molecular weight is 916 g/mol. The highest BCUT2D eigenvalue weighted by atomic mass is 16.4.